The predicted molar refractivity (Wildman–Crippen MR) is 99.6 cm³/mol. The van der Waals surface area contributed by atoms with Crippen LogP contribution in [0.2, 0.25) is 0 Å². The molecule has 0 spiro atoms. The lowest BCUT2D eigenvalue weighted by atomic mass is 9.80. The van der Waals surface area contributed by atoms with Crippen LogP contribution in [0.3, 0.4) is 0 Å². The Morgan fingerprint density at radius 3 is 2.59 bits per heavy atom. The van der Waals surface area contributed by atoms with Gasteiger partial charge in [-0.05, 0) is 43.2 Å². The number of hydrogen-bond donors (Lipinski definition) is 2. The second-order valence-corrected chi connectivity index (χ2v) is 6.55. The van der Waals surface area contributed by atoms with Crippen molar-refractivity contribution in [1.82, 2.24) is 10.4 Å². The van der Waals surface area contributed by atoms with E-state index < -0.39 is 0 Å². The van der Waals surface area contributed by atoms with E-state index in [-0.39, 0.29) is 29.6 Å². The summed E-state index contributed by atoms with van der Waals surface area (Å²) in [5, 5.41) is 4.03. The lowest BCUT2D eigenvalue weighted by Gasteiger charge is -2.38. The maximum Gasteiger partial charge on any atom is 0.255 e. The van der Waals surface area contributed by atoms with Crippen molar-refractivity contribution in [3.05, 3.63) is 66.5 Å². The maximum atomic E-state index is 12.8. The van der Waals surface area contributed by atoms with Crippen LogP contribution in [0.15, 0.2) is 60.9 Å². The van der Waals surface area contributed by atoms with Gasteiger partial charge in [-0.25, -0.2) is 5.01 Å². The van der Waals surface area contributed by atoms with Gasteiger partial charge in [0.25, 0.3) is 5.91 Å². The molecule has 1 aromatic carbocycles. The number of aromatic nitrogens is 1. The third-order valence-electron chi connectivity index (χ3n) is 4.83. The predicted octanol–water partition coefficient (Wildman–Crippen LogP) is 2.29. The monoisotopic (exact) mass is 362 g/mol. The highest BCUT2D eigenvalue weighted by Crippen LogP contribution is 2.32. The van der Waals surface area contributed by atoms with E-state index in [1.54, 1.807) is 48.8 Å². The molecule has 2 heterocycles. The average molecular weight is 362 g/mol. The molecule has 0 radical (unpaired) electrons. The van der Waals surface area contributed by atoms with E-state index in [1.807, 2.05) is 12.2 Å². The Morgan fingerprint density at radius 2 is 1.81 bits per heavy atom. The molecule has 2 atom stereocenters. The molecule has 1 fully saturated rings. The van der Waals surface area contributed by atoms with Crippen molar-refractivity contribution < 1.29 is 14.4 Å². The number of carbonyl (C=O) groups excluding carboxylic acids is 3. The number of nitrogens with zero attached hydrogens (tertiary/aromatic N) is 2. The Bertz CT molecular complexity index is 926. The molecular formula is C20H18N4O3. The molecule has 1 saturated heterocycles. The van der Waals surface area contributed by atoms with Crippen molar-refractivity contribution in [3.8, 4) is 0 Å². The number of carbonyl (C=O) groups is 3. The fourth-order valence-electron chi connectivity index (χ4n) is 3.41. The van der Waals surface area contributed by atoms with Crippen LogP contribution in [0, 0.1) is 11.8 Å². The minimum absolute atomic E-state index is 0.157. The standard InChI is InChI=1S/C20H18N4O3/c25-18(22-14-8-10-21-11-9-14)13-4-3-5-15(12-13)24-20(27)17-7-2-1-6-16(17)19(26)23-24/h1-5,8-12,16-17H,6-7H2,(H,23,26)(H,21,22,25)/t16-,17-/m1/s1. The van der Waals surface area contributed by atoms with Crippen molar-refractivity contribution in [2.45, 2.75) is 12.8 Å². The first-order valence-electron chi connectivity index (χ1n) is 8.74. The third kappa shape index (κ3) is 3.31. The highest BCUT2D eigenvalue weighted by Gasteiger charge is 2.42. The molecule has 0 saturated carbocycles. The SMILES string of the molecule is O=C(Nc1ccncc1)c1cccc(N2NC(=O)[C@@H]3CC=CC[C@H]3C2=O)c1. The first-order chi connectivity index (χ1) is 13.1. The zero-order chi connectivity index (χ0) is 18.8. The second-order valence-electron chi connectivity index (χ2n) is 6.55. The summed E-state index contributed by atoms with van der Waals surface area (Å²) in [6.45, 7) is 0. The van der Waals surface area contributed by atoms with Gasteiger partial charge in [-0.2, -0.15) is 0 Å². The summed E-state index contributed by atoms with van der Waals surface area (Å²) < 4.78 is 0. The molecule has 1 aliphatic carbocycles. The van der Waals surface area contributed by atoms with E-state index in [9.17, 15) is 14.4 Å². The number of hydrazine groups is 1. The summed E-state index contributed by atoms with van der Waals surface area (Å²) in [5.41, 5.74) is 4.14. The molecule has 3 amide bonds. The van der Waals surface area contributed by atoms with Gasteiger partial charge in [0, 0.05) is 23.6 Å². The van der Waals surface area contributed by atoms with Gasteiger partial charge in [-0.1, -0.05) is 18.2 Å². The average Bonchev–Trinajstić information content (AvgIpc) is 2.71. The summed E-state index contributed by atoms with van der Waals surface area (Å²) in [5.74, 6) is -1.32. The number of pyridine rings is 1. The van der Waals surface area contributed by atoms with Crippen molar-refractivity contribution in [1.29, 1.82) is 0 Å². The van der Waals surface area contributed by atoms with Crippen LogP contribution >= 0.6 is 0 Å². The largest absolute Gasteiger partial charge is 0.322 e. The van der Waals surface area contributed by atoms with Crippen LogP contribution in [-0.4, -0.2) is 22.7 Å². The Balaban J connectivity index is 1.57. The van der Waals surface area contributed by atoms with Gasteiger partial charge >= 0.3 is 0 Å². The van der Waals surface area contributed by atoms with Crippen LogP contribution in [0.5, 0.6) is 0 Å². The number of benzene rings is 1. The van der Waals surface area contributed by atoms with Crippen LogP contribution in [0.1, 0.15) is 23.2 Å². The minimum Gasteiger partial charge on any atom is -0.322 e. The molecular weight excluding hydrogens is 344 g/mol. The van der Waals surface area contributed by atoms with Gasteiger partial charge < -0.3 is 5.32 Å². The molecule has 2 N–H and O–H groups in total. The zero-order valence-electron chi connectivity index (χ0n) is 14.5. The molecule has 2 aromatic rings. The van der Waals surface area contributed by atoms with Gasteiger partial charge in [-0.15, -0.1) is 0 Å². The van der Waals surface area contributed by atoms with E-state index in [0.29, 0.717) is 29.8 Å². The fourth-order valence-corrected chi connectivity index (χ4v) is 3.41. The fraction of sp³-hybridized carbons (Fsp3) is 0.200. The van der Waals surface area contributed by atoms with Crippen LogP contribution < -0.4 is 15.8 Å². The number of fused-ring (bicyclic) bond motifs is 1. The van der Waals surface area contributed by atoms with Gasteiger partial charge in [0.15, 0.2) is 0 Å². The van der Waals surface area contributed by atoms with E-state index in [1.165, 1.54) is 5.01 Å². The molecule has 2 aliphatic rings. The Labute approximate surface area is 156 Å². The van der Waals surface area contributed by atoms with Crippen LogP contribution in [0.4, 0.5) is 11.4 Å². The summed E-state index contributed by atoms with van der Waals surface area (Å²) in [4.78, 5) is 41.6. The van der Waals surface area contributed by atoms with E-state index >= 15 is 0 Å². The topological polar surface area (TPSA) is 91.4 Å². The Hall–Kier alpha value is -3.48. The summed E-state index contributed by atoms with van der Waals surface area (Å²) >= 11 is 0. The number of amides is 3. The first kappa shape index (κ1) is 17.0. The molecule has 0 bridgehead atoms. The third-order valence-corrected chi connectivity index (χ3v) is 4.83. The van der Waals surface area contributed by atoms with E-state index in [2.05, 4.69) is 15.7 Å². The van der Waals surface area contributed by atoms with Gasteiger partial charge in [-0.3, -0.25) is 24.8 Å². The Kier molecular flexibility index (Phi) is 4.42. The Morgan fingerprint density at radius 1 is 1.07 bits per heavy atom. The number of anilines is 2. The van der Waals surface area contributed by atoms with Gasteiger partial charge in [0.05, 0.1) is 17.5 Å². The smallest absolute Gasteiger partial charge is 0.255 e. The number of allylic oxidation sites excluding steroid dienone is 2. The highest BCUT2D eigenvalue weighted by molar-refractivity contribution is 6.07. The lowest BCUT2D eigenvalue weighted by molar-refractivity contribution is -0.139. The zero-order valence-corrected chi connectivity index (χ0v) is 14.5. The van der Waals surface area contributed by atoms with Crippen molar-refractivity contribution >= 4 is 29.1 Å². The molecule has 0 unspecified atom stereocenters. The van der Waals surface area contributed by atoms with E-state index in [4.69, 9.17) is 0 Å². The van der Waals surface area contributed by atoms with Crippen LogP contribution in [0.25, 0.3) is 0 Å². The molecule has 7 nitrogen and oxygen atoms in total. The maximum absolute atomic E-state index is 12.8. The summed E-state index contributed by atoms with van der Waals surface area (Å²) in [7, 11) is 0. The molecule has 136 valence electrons. The molecule has 1 aliphatic heterocycles. The molecule has 7 heteroatoms. The number of nitrogens with one attached hydrogen (secondary N) is 2. The normalized spacial score (nSPS) is 21.4. The molecule has 27 heavy (non-hydrogen) atoms. The quantitative estimate of drug-likeness (QED) is 0.820. The first-order valence-corrected chi connectivity index (χ1v) is 8.74. The second kappa shape index (κ2) is 7.03. The lowest BCUT2D eigenvalue weighted by Crippen LogP contribution is -2.59. The van der Waals surface area contributed by atoms with Crippen molar-refractivity contribution in [2.24, 2.45) is 11.8 Å². The summed E-state index contributed by atoms with van der Waals surface area (Å²) in [6.07, 6.45) is 8.17. The number of rotatable bonds is 3. The van der Waals surface area contributed by atoms with E-state index in [0.717, 1.165) is 0 Å². The van der Waals surface area contributed by atoms with Crippen LogP contribution in [-0.2, 0) is 9.59 Å². The molecule has 4 rings (SSSR count). The highest BCUT2D eigenvalue weighted by atomic mass is 16.2. The molecule has 1 aromatic heterocycles. The summed E-state index contributed by atoms with van der Waals surface area (Å²) in [6, 6.07) is 10.00. The van der Waals surface area contributed by atoms with Crippen molar-refractivity contribution in [2.75, 3.05) is 10.3 Å². The van der Waals surface area contributed by atoms with Crippen molar-refractivity contribution in [3.63, 3.8) is 0 Å². The minimum atomic E-state index is -0.363. The van der Waals surface area contributed by atoms with Gasteiger partial charge in [0.1, 0.15) is 0 Å². The van der Waals surface area contributed by atoms with Gasteiger partial charge in [0.2, 0.25) is 11.8 Å². The number of hydrogen-bond acceptors (Lipinski definition) is 4.